The molecule has 2 aromatic rings. The SMILES string of the molecule is COc1ccc(CNC(C)c2cscn2)cc1. The van der Waals surface area contributed by atoms with E-state index < -0.39 is 0 Å². The predicted molar refractivity (Wildman–Crippen MR) is 70.4 cm³/mol. The number of nitrogens with one attached hydrogen (secondary N) is 1. The number of ether oxygens (including phenoxy) is 1. The van der Waals surface area contributed by atoms with Gasteiger partial charge in [0.25, 0.3) is 0 Å². The van der Waals surface area contributed by atoms with E-state index in [4.69, 9.17) is 4.74 Å². The van der Waals surface area contributed by atoms with E-state index in [9.17, 15) is 0 Å². The maximum atomic E-state index is 5.12. The third-order valence-corrected chi connectivity index (χ3v) is 3.27. The second-order valence-corrected chi connectivity index (χ2v) is 4.58. The molecule has 0 amide bonds. The summed E-state index contributed by atoms with van der Waals surface area (Å²) < 4.78 is 5.12. The average molecular weight is 248 g/mol. The number of benzene rings is 1. The number of hydrogen-bond donors (Lipinski definition) is 1. The molecule has 0 saturated carbocycles. The first-order valence-corrected chi connectivity index (χ1v) is 6.48. The maximum Gasteiger partial charge on any atom is 0.118 e. The Morgan fingerprint density at radius 1 is 1.35 bits per heavy atom. The number of hydrogen-bond acceptors (Lipinski definition) is 4. The lowest BCUT2D eigenvalue weighted by molar-refractivity contribution is 0.414. The standard InChI is InChI=1S/C13H16N2OS/c1-10(13-8-17-9-15-13)14-7-11-3-5-12(16-2)6-4-11/h3-6,8-10,14H,7H2,1-2H3. The van der Waals surface area contributed by atoms with Crippen molar-refractivity contribution in [2.45, 2.75) is 19.5 Å². The first kappa shape index (κ1) is 12.1. The monoisotopic (exact) mass is 248 g/mol. The van der Waals surface area contributed by atoms with Gasteiger partial charge in [0, 0.05) is 18.0 Å². The summed E-state index contributed by atoms with van der Waals surface area (Å²) in [6, 6.07) is 8.37. The van der Waals surface area contributed by atoms with Crippen molar-refractivity contribution in [1.82, 2.24) is 10.3 Å². The van der Waals surface area contributed by atoms with Gasteiger partial charge in [0.05, 0.1) is 18.3 Å². The molecule has 4 heteroatoms. The van der Waals surface area contributed by atoms with Crippen LogP contribution in [-0.4, -0.2) is 12.1 Å². The number of methoxy groups -OCH3 is 1. The molecule has 1 aromatic carbocycles. The van der Waals surface area contributed by atoms with Gasteiger partial charge in [-0.15, -0.1) is 11.3 Å². The van der Waals surface area contributed by atoms with Crippen LogP contribution in [-0.2, 0) is 6.54 Å². The third-order valence-electron chi connectivity index (χ3n) is 2.67. The van der Waals surface area contributed by atoms with E-state index in [0.717, 1.165) is 18.0 Å². The van der Waals surface area contributed by atoms with Crippen LogP contribution in [0.4, 0.5) is 0 Å². The topological polar surface area (TPSA) is 34.1 Å². The molecular formula is C13H16N2OS. The van der Waals surface area contributed by atoms with Crippen LogP contribution in [0.5, 0.6) is 5.75 Å². The molecule has 0 spiro atoms. The normalized spacial score (nSPS) is 12.4. The van der Waals surface area contributed by atoms with Crippen LogP contribution in [0.25, 0.3) is 0 Å². The predicted octanol–water partition coefficient (Wildman–Crippen LogP) is 3.00. The van der Waals surface area contributed by atoms with E-state index >= 15 is 0 Å². The summed E-state index contributed by atoms with van der Waals surface area (Å²) in [6.45, 7) is 2.96. The molecule has 0 fully saturated rings. The van der Waals surface area contributed by atoms with Crippen molar-refractivity contribution in [3.05, 3.63) is 46.4 Å². The Hall–Kier alpha value is -1.39. The van der Waals surface area contributed by atoms with E-state index in [1.807, 2.05) is 17.6 Å². The van der Waals surface area contributed by atoms with Crippen LogP contribution in [0, 0.1) is 0 Å². The highest BCUT2D eigenvalue weighted by Crippen LogP contribution is 2.14. The van der Waals surface area contributed by atoms with Gasteiger partial charge < -0.3 is 10.1 Å². The summed E-state index contributed by atoms with van der Waals surface area (Å²) >= 11 is 1.63. The van der Waals surface area contributed by atoms with E-state index in [0.29, 0.717) is 0 Å². The fraction of sp³-hybridized carbons (Fsp3) is 0.308. The van der Waals surface area contributed by atoms with Crippen molar-refractivity contribution in [1.29, 1.82) is 0 Å². The number of nitrogens with zero attached hydrogens (tertiary/aromatic N) is 1. The van der Waals surface area contributed by atoms with Gasteiger partial charge in [-0.2, -0.15) is 0 Å². The van der Waals surface area contributed by atoms with Gasteiger partial charge in [0.2, 0.25) is 0 Å². The van der Waals surface area contributed by atoms with Gasteiger partial charge in [-0.3, -0.25) is 0 Å². The molecule has 0 radical (unpaired) electrons. The van der Waals surface area contributed by atoms with Crippen LogP contribution < -0.4 is 10.1 Å². The van der Waals surface area contributed by atoms with Crippen molar-refractivity contribution in [3.8, 4) is 5.75 Å². The fourth-order valence-corrected chi connectivity index (χ4v) is 2.20. The molecular weight excluding hydrogens is 232 g/mol. The Morgan fingerprint density at radius 2 is 2.12 bits per heavy atom. The minimum atomic E-state index is 0.281. The molecule has 1 N–H and O–H groups in total. The van der Waals surface area contributed by atoms with Gasteiger partial charge in [-0.05, 0) is 24.6 Å². The summed E-state index contributed by atoms with van der Waals surface area (Å²) in [7, 11) is 1.68. The van der Waals surface area contributed by atoms with E-state index in [2.05, 4.69) is 34.7 Å². The lowest BCUT2D eigenvalue weighted by Crippen LogP contribution is -2.18. The highest BCUT2D eigenvalue weighted by atomic mass is 32.1. The smallest absolute Gasteiger partial charge is 0.118 e. The molecule has 1 heterocycles. The second-order valence-electron chi connectivity index (χ2n) is 3.86. The van der Waals surface area contributed by atoms with Crippen molar-refractivity contribution in [2.75, 3.05) is 7.11 Å². The van der Waals surface area contributed by atoms with Crippen molar-refractivity contribution in [3.63, 3.8) is 0 Å². The number of thiazole rings is 1. The molecule has 17 heavy (non-hydrogen) atoms. The first-order chi connectivity index (χ1) is 8.29. The zero-order chi connectivity index (χ0) is 12.1. The first-order valence-electron chi connectivity index (χ1n) is 5.54. The lowest BCUT2D eigenvalue weighted by Gasteiger charge is -2.11. The molecule has 0 saturated heterocycles. The summed E-state index contributed by atoms with van der Waals surface area (Å²) in [5, 5.41) is 5.52. The molecule has 3 nitrogen and oxygen atoms in total. The van der Waals surface area contributed by atoms with E-state index in [1.165, 1.54) is 5.56 Å². The van der Waals surface area contributed by atoms with Crippen LogP contribution in [0.2, 0.25) is 0 Å². The summed E-state index contributed by atoms with van der Waals surface area (Å²) in [4.78, 5) is 4.29. The Balaban J connectivity index is 1.89. The molecule has 1 atom stereocenters. The van der Waals surface area contributed by atoms with Crippen LogP contribution in [0.15, 0.2) is 35.2 Å². The molecule has 1 aromatic heterocycles. The van der Waals surface area contributed by atoms with Gasteiger partial charge in [-0.25, -0.2) is 4.98 Å². The van der Waals surface area contributed by atoms with Crippen molar-refractivity contribution < 1.29 is 4.74 Å². The highest BCUT2D eigenvalue weighted by molar-refractivity contribution is 7.07. The summed E-state index contributed by atoms with van der Waals surface area (Å²) in [6.07, 6.45) is 0. The van der Waals surface area contributed by atoms with E-state index in [-0.39, 0.29) is 6.04 Å². The Kier molecular flexibility index (Phi) is 4.12. The zero-order valence-electron chi connectivity index (χ0n) is 10.0. The average Bonchev–Trinajstić information content (AvgIpc) is 2.90. The molecule has 0 aliphatic rings. The minimum Gasteiger partial charge on any atom is -0.497 e. The molecule has 1 unspecified atom stereocenters. The van der Waals surface area contributed by atoms with Crippen molar-refractivity contribution in [2.24, 2.45) is 0 Å². The Labute approximate surface area is 105 Å². The van der Waals surface area contributed by atoms with Gasteiger partial charge in [-0.1, -0.05) is 12.1 Å². The van der Waals surface area contributed by atoms with Crippen molar-refractivity contribution >= 4 is 11.3 Å². The van der Waals surface area contributed by atoms with Gasteiger partial charge in [0.15, 0.2) is 0 Å². The Bertz CT molecular complexity index is 439. The number of rotatable bonds is 5. The summed E-state index contributed by atoms with van der Waals surface area (Å²) in [5.41, 5.74) is 4.21. The van der Waals surface area contributed by atoms with Crippen LogP contribution in [0.3, 0.4) is 0 Å². The zero-order valence-corrected chi connectivity index (χ0v) is 10.8. The fourth-order valence-electron chi connectivity index (χ4n) is 1.55. The molecule has 0 aliphatic carbocycles. The molecule has 0 bridgehead atoms. The molecule has 0 aliphatic heterocycles. The van der Waals surface area contributed by atoms with Gasteiger partial charge >= 0.3 is 0 Å². The Morgan fingerprint density at radius 3 is 2.71 bits per heavy atom. The highest BCUT2D eigenvalue weighted by Gasteiger charge is 2.06. The maximum absolute atomic E-state index is 5.12. The van der Waals surface area contributed by atoms with Crippen LogP contribution >= 0.6 is 11.3 Å². The van der Waals surface area contributed by atoms with E-state index in [1.54, 1.807) is 18.4 Å². The van der Waals surface area contributed by atoms with Gasteiger partial charge in [0.1, 0.15) is 5.75 Å². The molecule has 2 rings (SSSR count). The largest absolute Gasteiger partial charge is 0.497 e. The van der Waals surface area contributed by atoms with Crippen LogP contribution in [0.1, 0.15) is 24.2 Å². The second kappa shape index (κ2) is 5.80. The minimum absolute atomic E-state index is 0.281. The lowest BCUT2D eigenvalue weighted by atomic mass is 10.2. The third kappa shape index (κ3) is 3.28. The molecule has 90 valence electrons. The number of aromatic nitrogens is 1. The summed E-state index contributed by atoms with van der Waals surface area (Å²) in [5.74, 6) is 0.890. The quantitative estimate of drug-likeness (QED) is 0.883.